The van der Waals surface area contributed by atoms with E-state index < -0.39 is 8.07 Å². The fourth-order valence-electron chi connectivity index (χ4n) is 0.433. The second-order valence-electron chi connectivity index (χ2n) is 3.22. The monoisotopic (exact) mass is 128 g/mol. The predicted molar refractivity (Wildman–Crippen MR) is 42.8 cm³/mol. The Kier molecular flexibility index (Phi) is 2.48. The fraction of sp³-hybridized carbons (Fsp3) is 0.714. The van der Waals surface area contributed by atoms with Crippen molar-refractivity contribution in [2.24, 2.45) is 0 Å². The van der Waals surface area contributed by atoms with Crippen LogP contribution in [0.4, 0.5) is 0 Å². The topological polar surface area (TPSA) is 0 Å². The molecular formula is C7H16Si. The third kappa shape index (κ3) is 2.31. The van der Waals surface area contributed by atoms with Crippen LogP contribution in [0.1, 0.15) is 13.8 Å². The number of allylic oxidation sites excluding steroid dienone is 2. The molecule has 0 aliphatic rings. The van der Waals surface area contributed by atoms with Crippen molar-refractivity contribution in [2.45, 2.75) is 33.5 Å². The lowest BCUT2D eigenvalue weighted by molar-refractivity contribution is 1.49. The highest BCUT2D eigenvalue weighted by atomic mass is 28.3. The summed E-state index contributed by atoms with van der Waals surface area (Å²) in [4.78, 5) is 0. The lowest BCUT2D eigenvalue weighted by Crippen LogP contribution is -2.21. The van der Waals surface area contributed by atoms with Gasteiger partial charge in [0, 0.05) is 0 Å². The van der Waals surface area contributed by atoms with Gasteiger partial charge < -0.3 is 0 Å². The first-order valence-corrected chi connectivity index (χ1v) is 6.62. The van der Waals surface area contributed by atoms with Gasteiger partial charge in [0.1, 0.15) is 0 Å². The van der Waals surface area contributed by atoms with Gasteiger partial charge in [-0.25, -0.2) is 0 Å². The van der Waals surface area contributed by atoms with Crippen LogP contribution < -0.4 is 0 Å². The van der Waals surface area contributed by atoms with E-state index in [9.17, 15) is 0 Å². The van der Waals surface area contributed by atoms with Gasteiger partial charge in [0.25, 0.3) is 0 Å². The standard InChI is InChI=1S/C7H16Si/c1-6-7(2)8(3,4)5/h6H,1-5H3/b7-6+. The summed E-state index contributed by atoms with van der Waals surface area (Å²) in [5, 5.41) is 1.59. The molecule has 0 fully saturated rings. The summed E-state index contributed by atoms with van der Waals surface area (Å²) >= 11 is 0. The van der Waals surface area contributed by atoms with Crippen LogP contribution in [-0.2, 0) is 0 Å². The van der Waals surface area contributed by atoms with Gasteiger partial charge in [-0.2, -0.15) is 0 Å². The molecule has 0 aliphatic carbocycles. The highest BCUT2D eigenvalue weighted by Crippen LogP contribution is 2.11. The van der Waals surface area contributed by atoms with Gasteiger partial charge >= 0.3 is 0 Å². The molecule has 1 heteroatoms. The summed E-state index contributed by atoms with van der Waals surface area (Å²) in [5.74, 6) is 0. The molecule has 8 heavy (non-hydrogen) atoms. The average Bonchev–Trinajstić information content (AvgIpc) is 1.62. The molecule has 0 aromatic rings. The Hall–Kier alpha value is -0.0431. The zero-order valence-corrected chi connectivity index (χ0v) is 7.58. The quantitative estimate of drug-likeness (QED) is 0.476. The molecule has 0 saturated heterocycles. The van der Waals surface area contributed by atoms with E-state index in [0.29, 0.717) is 0 Å². The van der Waals surface area contributed by atoms with E-state index in [1.807, 2.05) is 0 Å². The molecule has 0 nitrogen and oxygen atoms in total. The molecule has 0 aromatic heterocycles. The van der Waals surface area contributed by atoms with E-state index in [0.717, 1.165) is 0 Å². The number of rotatable bonds is 1. The molecule has 0 bridgehead atoms. The van der Waals surface area contributed by atoms with Crippen LogP contribution in [0.5, 0.6) is 0 Å². The van der Waals surface area contributed by atoms with Crippen LogP contribution in [0.3, 0.4) is 0 Å². The van der Waals surface area contributed by atoms with Crippen LogP contribution >= 0.6 is 0 Å². The molecule has 0 aliphatic heterocycles. The molecule has 0 N–H and O–H groups in total. The second-order valence-corrected chi connectivity index (χ2v) is 8.51. The molecule has 0 amide bonds. The maximum absolute atomic E-state index is 2.36. The molecule has 0 unspecified atom stereocenters. The van der Waals surface area contributed by atoms with Crippen molar-refractivity contribution in [1.29, 1.82) is 0 Å². The average molecular weight is 128 g/mol. The molecule has 0 heterocycles. The van der Waals surface area contributed by atoms with Crippen LogP contribution in [0.2, 0.25) is 19.6 Å². The first kappa shape index (κ1) is 7.96. The van der Waals surface area contributed by atoms with Crippen LogP contribution in [0.25, 0.3) is 0 Å². The van der Waals surface area contributed by atoms with Crippen molar-refractivity contribution in [1.82, 2.24) is 0 Å². The van der Waals surface area contributed by atoms with Gasteiger partial charge in [-0.15, -0.1) is 0 Å². The summed E-state index contributed by atoms with van der Waals surface area (Å²) in [5.41, 5.74) is 0. The number of hydrogen-bond donors (Lipinski definition) is 0. The van der Waals surface area contributed by atoms with Gasteiger partial charge in [0.05, 0.1) is 8.07 Å². The third-order valence-electron chi connectivity index (χ3n) is 1.62. The molecule has 0 aromatic carbocycles. The van der Waals surface area contributed by atoms with E-state index in [2.05, 4.69) is 39.6 Å². The Morgan fingerprint density at radius 2 is 1.62 bits per heavy atom. The van der Waals surface area contributed by atoms with Gasteiger partial charge in [-0.05, 0) is 13.8 Å². The normalized spacial score (nSPS) is 14.4. The Morgan fingerprint density at radius 3 is 1.62 bits per heavy atom. The van der Waals surface area contributed by atoms with Crippen molar-refractivity contribution < 1.29 is 0 Å². The zero-order valence-electron chi connectivity index (χ0n) is 6.58. The maximum Gasteiger partial charge on any atom is 0.0716 e. The van der Waals surface area contributed by atoms with Crippen molar-refractivity contribution in [3.63, 3.8) is 0 Å². The minimum atomic E-state index is -0.899. The van der Waals surface area contributed by atoms with E-state index in [4.69, 9.17) is 0 Å². The summed E-state index contributed by atoms with van der Waals surface area (Å²) in [6, 6.07) is 0. The summed E-state index contributed by atoms with van der Waals surface area (Å²) in [6.07, 6.45) is 2.23. The second kappa shape index (κ2) is 2.49. The molecule has 48 valence electrons. The van der Waals surface area contributed by atoms with Crippen molar-refractivity contribution in [2.75, 3.05) is 0 Å². The summed E-state index contributed by atoms with van der Waals surface area (Å²) in [6.45, 7) is 11.4. The smallest absolute Gasteiger partial charge is 0.0716 e. The first-order chi connectivity index (χ1) is 3.48. The Balaban J connectivity index is 4.03. The Morgan fingerprint density at radius 1 is 1.25 bits per heavy atom. The van der Waals surface area contributed by atoms with E-state index in [-0.39, 0.29) is 0 Å². The van der Waals surface area contributed by atoms with E-state index in [1.54, 1.807) is 5.20 Å². The minimum absolute atomic E-state index is 0.899. The Labute approximate surface area is 53.6 Å². The zero-order chi connectivity index (χ0) is 6.78. The SMILES string of the molecule is C/C=C(\C)[Si](C)(C)C. The molecular weight excluding hydrogens is 112 g/mol. The van der Waals surface area contributed by atoms with Crippen molar-refractivity contribution >= 4 is 8.07 Å². The first-order valence-electron chi connectivity index (χ1n) is 3.12. The highest BCUT2D eigenvalue weighted by molar-refractivity contribution is 6.82. The molecule has 0 rings (SSSR count). The third-order valence-corrected chi connectivity index (χ3v) is 4.27. The predicted octanol–water partition coefficient (Wildman–Crippen LogP) is 2.83. The largest absolute Gasteiger partial charge is 0.0926 e. The minimum Gasteiger partial charge on any atom is -0.0926 e. The van der Waals surface area contributed by atoms with E-state index in [1.165, 1.54) is 0 Å². The lowest BCUT2D eigenvalue weighted by Gasteiger charge is -2.15. The summed E-state index contributed by atoms with van der Waals surface area (Å²) in [7, 11) is -0.899. The molecule has 0 saturated carbocycles. The number of hydrogen-bond acceptors (Lipinski definition) is 0. The van der Waals surface area contributed by atoms with Gasteiger partial charge in [0.15, 0.2) is 0 Å². The van der Waals surface area contributed by atoms with Crippen molar-refractivity contribution in [3.8, 4) is 0 Å². The van der Waals surface area contributed by atoms with Gasteiger partial charge in [0.2, 0.25) is 0 Å². The highest BCUT2D eigenvalue weighted by Gasteiger charge is 2.13. The Bertz CT molecular complexity index is 95.4. The fourth-order valence-corrected chi connectivity index (χ4v) is 1.30. The van der Waals surface area contributed by atoms with Crippen molar-refractivity contribution in [3.05, 3.63) is 11.3 Å². The van der Waals surface area contributed by atoms with Crippen LogP contribution in [0, 0.1) is 0 Å². The molecule has 0 atom stereocenters. The van der Waals surface area contributed by atoms with E-state index >= 15 is 0 Å². The molecule has 0 spiro atoms. The molecule has 0 radical (unpaired) electrons. The van der Waals surface area contributed by atoms with Gasteiger partial charge in [-0.3, -0.25) is 0 Å². The van der Waals surface area contributed by atoms with Gasteiger partial charge in [-0.1, -0.05) is 30.9 Å². The lowest BCUT2D eigenvalue weighted by atomic mass is 10.6. The summed E-state index contributed by atoms with van der Waals surface area (Å²) < 4.78 is 0. The van der Waals surface area contributed by atoms with Crippen LogP contribution in [-0.4, -0.2) is 8.07 Å². The van der Waals surface area contributed by atoms with Crippen LogP contribution in [0.15, 0.2) is 11.3 Å². The maximum atomic E-state index is 2.36.